The molecule has 6 nitrogen and oxygen atoms in total. The number of nitrogens with one attached hydrogen (secondary N) is 1. The number of amides is 1. The van der Waals surface area contributed by atoms with Crippen LogP contribution in [-0.2, 0) is 4.79 Å². The molecule has 0 saturated heterocycles. The maximum Gasteiger partial charge on any atom is 0.353 e. The lowest BCUT2D eigenvalue weighted by Crippen LogP contribution is -2.22. The average Bonchev–Trinajstić information content (AvgIpc) is 2.79. The second-order valence-corrected chi connectivity index (χ2v) is 3.63. The minimum atomic E-state index is -1.12. The number of rotatable bonds is 3. The summed E-state index contributed by atoms with van der Waals surface area (Å²) in [6.07, 6.45) is 0. The van der Waals surface area contributed by atoms with Gasteiger partial charge in [-0.15, -0.1) is 0 Å². The van der Waals surface area contributed by atoms with Gasteiger partial charge in [-0.3, -0.25) is 14.8 Å². The lowest BCUT2D eigenvalue weighted by Gasteiger charge is -2.17. The molecule has 0 atom stereocenters. The number of nitrogens with zero attached hydrogens (tertiary/aromatic N) is 2. The molecule has 0 aliphatic carbocycles. The highest BCUT2D eigenvalue weighted by Gasteiger charge is 2.18. The van der Waals surface area contributed by atoms with Crippen LogP contribution in [0.15, 0.2) is 36.4 Å². The Bertz CT molecular complexity index is 577. The molecule has 0 aliphatic rings. The molecule has 2 N–H and O–H groups in total. The summed E-state index contributed by atoms with van der Waals surface area (Å²) in [6, 6.07) is 10.2. The Labute approximate surface area is 103 Å². The van der Waals surface area contributed by atoms with Crippen molar-refractivity contribution in [2.24, 2.45) is 0 Å². The van der Waals surface area contributed by atoms with Gasteiger partial charge in [-0.05, 0) is 12.1 Å². The summed E-state index contributed by atoms with van der Waals surface area (Å²) in [5.41, 5.74) is 0.570. The van der Waals surface area contributed by atoms with E-state index in [-0.39, 0.29) is 17.4 Å². The van der Waals surface area contributed by atoms with Crippen molar-refractivity contribution >= 4 is 23.4 Å². The largest absolute Gasteiger partial charge is 0.477 e. The first-order valence-electron chi connectivity index (χ1n) is 5.24. The predicted octanol–water partition coefficient (Wildman–Crippen LogP) is 1.79. The SMILES string of the molecule is CC(=O)N(c1ccccc1)c1cc(C(=O)O)[nH]n1. The zero-order valence-corrected chi connectivity index (χ0v) is 9.62. The van der Waals surface area contributed by atoms with Crippen LogP contribution >= 0.6 is 0 Å². The molecule has 2 aromatic rings. The van der Waals surface area contributed by atoms with Crippen molar-refractivity contribution in [3.8, 4) is 0 Å². The second-order valence-electron chi connectivity index (χ2n) is 3.63. The van der Waals surface area contributed by atoms with E-state index < -0.39 is 5.97 Å². The third-order valence-electron chi connectivity index (χ3n) is 2.35. The molecular formula is C12H11N3O3. The molecule has 0 fully saturated rings. The van der Waals surface area contributed by atoms with E-state index in [1.165, 1.54) is 17.9 Å². The van der Waals surface area contributed by atoms with Crippen LogP contribution in [0.5, 0.6) is 0 Å². The van der Waals surface area contributed by atoms with Crippen LogP contribution in [0.1, 0.15) is 17.4 Å². The van der Waals surface area contributed by atoms with Crippen molar-refractivity contribution < 1.29 is 14.7 Å². The van der Waals surface area contributed by atoms with Crippen molar-refractivity contribution in [2.45, 2.75) is 6.92 Å². The molecule has 1 aromatic heterocycles. The molecule has 0 bridgehead atoms. The van der Waals surface area contributed by atoms with E-state index in [4.69, 9.17) is 5.11 Å². The summed E-state index contributed by atoms with van der Waals surface area (Å²) >= 11 is 0. The van der Waals surface area contributed by atoms with E-state index in [0.717, 1.165) is 0 Å². The number of H-pyrrole nitrogens is 1. The number of aromatic carboxylic acids is 1. The van der Waals surface area contributed by atoms with Crippen LogP contribution in [-0.4, -0.2) is 27.2 Å². The van der Waals surface area contributed by atoms with Gasteiger partial charge in [-0.1, -0.05) is 18.2 Å². The van der Waals surface area contributed by atoms with Crippen LogP contribution in [0.4, 0.5) is 11.5 Å². The van der Waals surface area contributed by atoms with E-state index in [1.807, 2.05) is 6.07 Å². The van der Waals surface area contributed by atoms with Crippen LogP contribution in [0.3, 0.4) is 0 Å². The average molecular weight is 245 g/mol. The lowest BCUT2D eigenvalue weighted by molar-refractivity contribution is -0.115. The summed E-state index contributed by atoms with van der Waals surface area (Å²) in [6.45, 7) is 1.39. The van der Waals surface area contributed by atoms with Gasteiger partial charge in [-0.25, -0.2) is 4.79 Å². The summed E-state index contributed by atoms with van der Waals surface area (Å²) in [5.74, 6) is -1.11. The molecule has 6 heteroatoms. The fraction of sp³-hybridized carbons (Fsp3) is 0.0833. The van der Waals surface area contributed by atoms with E-state index in [2.05, 4.69) is 10.2 Å². The normalized spacial score (nSPS) is 10.1. The standard InChI is InChI=1S/C12H11N3O3/c1-8(16)15(9-5-3-2-4-6-9)11-7-10(12(17)18)13-14-11/h2-7H,1H3,(H,13,14)(H,17,18). The molecule has 2 rings (SSSR count). The molecule has 0 radical (unpaired) electrons. The molecule has 18 heavy (non-hydrogen) atoms. The topological polar surface area (TPSA) is 86.3 Å². The van der Waals surface area contributed by atoms with Gasteiger partial charge in [0.25, 0.3) is 0 Å². The van der Waals surface area contributed by atoms with Crippen LogP contribution in [0, 0.1) is 0 Å². The molecule has 1 amide bonds. The first-order chi connectivity index (χ1) is 8.59. The molecule has 92 valence electrons. The van der Waals surface area contributed by atoms with Gasteiger partial charge >= 0.3 is 5.97 Å². The molecule has 1 heterocycles. The zero-order chi connectivity index (χ0) is 13.1. The number of carbonyl (C=O) groups excluding carboxylic acids is 1. The Morgan fingerprint density at radius 3 is 2.44 bits per heavy atom. The van der Waals surface area contributed by atoms with Crippen molar-refractivity contribution in [1.29, 1.82) is 0 Å². The Balaban J connectivity index is 2.42. The monoisotopic (exact) mass is 245 g/mol. The lowest BCUT2D eigenvalue weighted by atomic mass is 10.3. The van der Waals surface area contributed by atoms with Crippen LogP contribution < -0.4 is 4.90 Å². The Hall–Kier alpha value is -2.63. The van der Waals surface area contributed by atoms with Gasteiger partial charge in [0.1, 0.15) is 5.69 Å². The number of carbonyl (C=O) groups is 2. The molecular weight excluding hydrogens is 234 g/mol. The Morgan fingerprint density at radius 1 is 1.28 bits per heavy atom. The smallest absolute Gasteiger partial charge is 0.353 e. The number of para-hydroxylation sites is 1. The molecule has 1 aromatic carbocycles. The molecule has 0 spiro atoms. The summed E-state index contributed by atoms with van der Waals surface area (Å²) in [4.78, 5) is 23.8. The van der Waals surface area contributed by atoms with Gasteiger partial charge in [0.05, 0.1) is 5.69 Å². The van der Waals surface area contributed by atoms with Crippen LogP contribution in [0.2, 0.25) is 0 Å². The summed E-state index contributed by atoms with van der Waals surface area (Å²) < 4.78 is 0. The number of anilines is 2. The molecule has 0 saturated carbocycles. The highest BCUT2D eigenvalue weighted by Crippen LogP contribution is 2.23. The number of aromatic nitrogens is 2. The molecule has 0 aliphatic heterocycles. The minimum Gasteiger partial charge on any atom is -0.477 e. The highest BCUT2D eigenvalue weighted by molar-refractivity contribution is 5.99. The van der Waals surface area contributed by atoms with Gasteiger partial charge in [0.2, 0.25) is 5.91 Å². The fourth-order valence-electron chi connectivity index (χ4n) is 1.59. The third kappa shape index (κ3) is 2.22. The first-order valence-corrected chi connectivity index (χ1v) is 5.24. The molecule has 0 unspecified atom stereocenters. The van der Waals surface area contributed by atoms with Crippen molar-refractivity contribution in [2.75, 3.05) is 4.90 Å². The number of hydrogen-bond donors (Lipinski definition) is 2. The summed E-state index contributed by atoms with van der Waals surface area (Å²) in [5, 5.41) is 15.0. The maximum atomic E-state index is 11.6. The predicted molar refractivity (Wildman–Crippen MR) is 64.8 cm³/mol. The van der Waals surface area contributed by atoms with Gasteiger partial charge in [-0.2, -0.15) is 5.10 Å². The van der Waals surface area contributed by atoms with Crippen molar-refractivity contribution in [3.05, 3.63) is 42.1 Å². The van der Waals surface area contributed by atoms with E-state index in [9.17, 15) is 9.59 Å². The third-order valence-corrected chi connectivity index (χ3v) is 2.35. The van der Waals surface area contributed by atoms with Gasteiger partial charge < -0.3 is 5.11 Å². The number of benzene rings is 1. The quantitative estimate of drug-likeness (QED) is 0.863. The van der Waals surface area contributed by atoms with E-state index in [0.29, 0.717) is 5.69 Å². The van der Waals surface area contributed by atoms with E-state index >= 15 is 0 Å². The number of aromatic amines is 1. The highest BCUT2D eigenvalue weighted by atomic mass is 16.4. The van der Waals surface area contributed by atoms with E-state index in [1.54, 1.807) is 24.3 Å². The number of hydrogen-bond acceptors (Lipinski definition) is 3. The van der Waals surface area contributed by atoms with Crippen molar-refractivity contribution in [3.63, 3.8) is 0 Å². The van der Waals surface area contributed by atoms with Crippen molar-refractivity contribution in [1.82, 2.24) is 10.2 Å². The zero-order valence-electron chi connectivity index (χ0n) is 9.62. The number of carboxylic acids is 1. The second kappa shape index (κ2) is 4.70. The van der Waals surface area contributed by atoms with Crippen LogP contribution in [0.25, 0.3) is 0 Å². The first kappa shape index (κ1) is 11.8. The fourth-order valence-corrected chi connectivity index (χ4v) is 1.59. The Kier molecular flexibility index (Phi) is 3.09. The Morgan fingerprint density at radius 2 is 1.94 bits per heavy atom. The maximum absolute atomic E-state index is 11.6. The number of carboxylic acid groups (broad SMARTS) is 1. The summed E-state index contributed by atoms with van der Waals surface area (Å²) in [7, 11) is 0. The van der Waals surface area contributed by atoms with Gasteiger partial charge in [0.15, 0.2) is 5.82 Å². The van der Waals surface area contributed by atoms with Gasteiger partial charge in [0, 0.05) is 13.0 Å². The minimum absolute atomic E-state index is 0.0628.